The third-order valence-electron chi connectivity index (χ3n) is 4.00. The minimum absolute atomic E-state index is 0.0181. The SMILES string of the molecule is O=C(Nc1nc2ccccc2s1)C1CNNC1c1ccccc1. The second kappa shape index (κ2) is 6.08. The molecule has 3 aromatic rings. The molecule has 5 nitrogen and oxygen atoms in total. The van der Waals surface area contributed by atoms with Gasteiger partial charge in [-0.15, -0.1) is 0 Å². The first-order chi connectivity index (χ1) is 11.3. The highest BCUT2D eigenvalue weighted by atomic mass is 32.1. The van der Waals surface area contributed by atoms with Gasteiger partial charge < -0.3 is 5.32 Å². The summed E-state index contributed by atoms with van der Waals surface area (Å²) in [6.07, 6.45) is 0. The summed E-state index contributed by atoms with van der Waals surface area (Å²) < 4.78 is 1.07. The van der Waals surface area contributed by atoms with Crippen LogP contribution >= 0.6 is 11.3 Å². The van der Waals surface area contributed by atoms with Gasteiger partial charge in [0.15, 0.2) is 5.13 Å². The minimum atomic E-state index is -0.176. The van der Waals surface area contributed by atoms with Crippen molar-refractivity contribution in [1.29, 1.82) is 0 Å². The summed E-state index contributed by atoms with van der Waals surface area (Å²) in [5.41, 5.74) is 8.29. The van der Waals surface area contributed by atoms with Gasteiger partial charge in [-0.25, -0.2) is 10.4 Å². The number of nitrogens with one attached hydrogen (secondary N) is 3. The van der Waals surface area contributed by atoms with Crippen molar-refractivity contribution >= 4 is 32.6 Å². The molecule has 1 fully saturated rings. The molecule has 23 heavy (non-hydrogen) atoms. The normalized spacial score (nSPS) is 20.7. The predicted octanol–water partition coefficient (Wildman–Crippen LogP) is 2.70. The number of amides is 1. The van der Waals surface area contributed by atoms with Crippen LogP contribution in [0.1, 0.15) is 11.6 Å². The van der Waals surface area contributed by atoms with Crippen LogP contribution in [0.2, 0.25) is 0 Å². The Labute approximate surface area is 137 Å². The number of hydrogen-bond acceptors (Lipinski definition) is 5. The van der Waals surface area contributed by atoms with Crippen molar-refractivity contribution in [3.05, 3.63) is 60.2 Å². The minimum Gasteiger partial charge on any atom is -0.302 e. The van der Waals surface area contributed by atoms with Crippen LogP contribution in [0.3, 0.4) is 0 Å². The van der Waals surface area contributed by atoms with E-state index in [4.69, 9.17) is 0 Å². The van der Waals surface area contributed by atoms with Gasteiger partial charge in [0.2, 0.25) is 5.91 Å². The maximum Gasteiger partial charge on any atom is 0.232 e. The van der Waals surface area contributed by atoms with Gasteiger partial charge in [-0.2, -0.15) is 0 Å². The Kier molecular flexibility index (Phi) is 3.78. The number of rotatable bonds is 3. The standard InChI is InChI=1S/C17H16N4OS/c22-16(20-17-19-13-8-4-5-9-14(13)23-17)12-10-18-21-15(12)11-6-2-1-3-7-11/h1-9,12,15,18,21H,10H2,(H,19,20,22). The van der Waals surface area contributed by atoms with Crippen molar-refractivity contribution in [3.63, 3.8) is 0 Å². The molecule has 0 aliphatic carbocycles. The molecular formula is C17H16N4OS. The zero-order valence-electron chi connectivity index (χ0n) is 12.3. The highest BCUT2D eigenvalue weighted by Gasteiger charge is 2.34. The van der Waals surface area contributed by atoms with Gasteiger partial charge in [0.1, 0.15) is 0 Å². The van der Waals surface area contributed by atoms with Crippen LogP contribution in [0.5, 0.6) is 0 Å². The fourth-order valence-corrected chi connectivity index (χ4v) is 3.71. The van der Waals surface area contributed by atoms with E-state index in [1.165, 1.54) is 11.3 Å². The Balaban J connectivity index is 1.54. The first kappa shape index (κ1) is 14.3. The van der Waals surface area contributed by atoms with E-state index in [2.05, 4.69) is 21.2 Å². The predicted molar refractivity (Wildman–Crippen MR) is 92.1 cm³/mol. The Morgan fingerprint density at radius 1 is 1.13 bits per heavy atom. The topological polar surface area (TPSA) is 66.0 Å². The lowest BCUT2D eigenvalue weighted by molar-refractivity contribution is -0.119. The van der Waals surface area contributed by atoms with E-state index in [0.29, 0.717) is 11.7 Å². The molecule has 6 heteroatoms. The number of fused-ring (bicyclic) bond motifs is 1. The Bertz CT molecular complexity index is 800. The van der Waals surface area contributed by atoms with Gasteiger partial charge in [0.05, 0.1) is 22.2 Å². The molecular weight excluding hydrogens is 308 g/mol. The van der Waals surface area contributed by atoms with Gasteiger partial charge >= 0.3 is 0 Å². The van der Waals surface area contributed by atoms with Crippen molar-refractivity contribution in [3.8, 4) is 0 Å². The monoisotopic (exact) mass is 324 g/mol. The van der Waals surface area contributed by atoms with Crippen LogP contribution in [0.4, 0.5) is 5.13 Å². The number of hydrazine groups is 1. The summed E-state index contributed by atoms with van der Waals surface area (Å²) in [7, 11) is 0. The number of hydrogen-bond donors (Lipinski definition) is 3. The number of thiazole rings is 1. The molecule has 3 N–H and O–H groups in total. The molecule has 4 rings (SSSR count). The van der Waals surface area contributed by atoms with Gasteiger partial charge in [-0.1, -0.05) is 53.8 Å². The number of carbonyl (C=O) groups is 1. The van der Waals surface area contributed by atoms with E-state index in [1.807, 2.05) is 54.6 Å². The Morgan fingerprint density at radius 3 is 2.74 bits per heavy atom. The smallest absolute Gasteiger partial charge is 0.232 e. The third kappa shape index (κ3) is 2.84. The molecule has 0 radical (unpaired) electrons. The van der Waals surface area contributed by atoms with E-state index >= 15 is 0 Å². The van der Waals surface area contributed by atoms with Gasteiger partial charge in [0, 0.05) is 6.54 Å². The van der Waals surface area contributed by atoms with Crippen molar-refractivity contribution in [2.24, 2.45) is 5.92 Å². The number of para-hydroxylation sites is 1. The lowest BCUT2D eigenvalue weighted by Gasteiger charge is -2.17. The van der Waals surface area contributed by atoms with E-state index in [9.17, 15) is 4.79 Å². The maximum atomic E-state index is 12.7. The van der Waals surface area contributed by atoms with Crippen LogP contribution in [0.15, 0.2) is 54.6 Å². The fourth-order valence-electron chi connectivity index (χ4n) is 2.84. The zero-order valence-corrected chi connectivity index (χ0v) is 13.1. The van der Waals surface area contributed by atoms with Crippen molar-refractivity contribution in [2.75, 3.05) is 11.9 Å². The van der Waals surface area contributed by atoms with E-state index in [0.717, 1.165) is 15.8 Å². The molecule has 2 atom stereocenters. The lowest BCUT2D eigenvalue weighted by atomic mass is 9.94. The molecule has 1 amide bonds. The summed E-state index contributed by atoms with van der Waals surface area (Å²) in [4.78, 5) is 17.1. The second-order valence-electron chi connectivity index (χ2n) is 5.50. The van der Waals surface area contributed by atoms with Crippen LogP contribution in [-0.2, 0) is 4.79 Å². The van der Waals surface area contributed by atoms with Crippen molar-refractivity contribution in [2.45, 2.75) is 6.04 Å². The second-order valence-corrected chi connectivity index (χ2v) is 6.53. The van der Waals surface area contributed by atoms with Crippen LogP contribution in [-0.4, -0.2) is 17.4 Å². The zero-order chi connectivity index (χ0) is 15.6. The molecule has 1 aromatic heterocycles. The van der Waals surface area contributed by atoms with Gasteiger partial charge in [0.25, 0.3) is 0 Å². The quantitative estimate of drug-likeness (QED) is 0.693. The highest BCUT2D eigenvalue weighted by molar-refractivity contribution is 7.22. The van der Waals surface area contributed by atoms with Gasteiger partial charge in [-0.05, 0) is 17.7 Å². The molecule has 2 unspecified atom stereocenters. The molecule has 116 valence electrons. The Morgan fingerprint density at radius 2 is 1.91 bits per heavy atom. The largest absolute Gasteiger partial charge is 0.302 e. The molecule has 1 aliphatic rings. The first-order valence-corrected chi connectivity index (χ1v) is 8.33. The summed E-state index contributed by atoms with van der Waals surface area (Å²) >= 11 is 1.50. The number of carbonyl (C=O) groups excluding carboxylic acids is 1. The van der Waals surface area contributed by atoms with E-state index in [1.54, 1.807) is 0 Å². The summed E-state index contributed by atoms with van der Waals surface area (Å²) in [5.74, 6) is -0.195. The molecule has 0 spiro atoms. The van der Waals surface area contributed by atoms with E-state index < -0.39 is 0 Å². The van der Waals surface area contributed by atoms with Crippen LogP contribution < -0.4 is 16.2 Å². The summed E-state index contributed by atoms with van der Waals surface area (Å²) in [6.45, 7) is 0.594. The first-order valence-electron chi connectivity index (χ1n) is 7.51. The third-order valence-corrected chi connectivity index (χ3v) is 4.95. The number of anilines is 1. The highest BCUT2D eigenvalue weighted by Crippen LogP contribution is 2.29. The maximum absolute atomic E-state index is 12.7. The number of nitrogens with zero attached hydrogens (tertiary/aromatic N) is 1. The van der Waals surface area contributed by atoms with Crippen LogP contribution in [0, 0.1) is 5.92 Å². The molecule has 2 aromatic carbocycles. The van der Waals surface area contributed by atoms with Crippen molar-refractivity contribution < 1.29 is 4.79 Å². The molecule has 1 saturated heterocycles. The molecule has 2 heterocycles. The van der Waals surface area contributed by atoms with Gasteiger partial charge in [-0.3, -0.25) is 10.2 Å². The lowest BCUT2D eigenvalue weighted by Crippen LogP contribution is -2.29. The van der Waals surface area contributed by atoms with E-state index in [-0.39, 0.29) is 17.9 Å². The fraction of sp³-hybridized carbons (Fsp3) is 0.176. The Hall–Kier alpha value is -2.28. The molecule has 0 bridgehead atoms. The molecule has 0 saturated carbocycles. The van der Waals surface area contributed by atoms with Crippen molar-refractivity contribution in [1.82, 2.24) is 15.8 Å². The summed E-state index contributed by atoms with van der Waals surface area (Å²) in [6, 6.07) is 17.8. The molecule has 1 aliphatic heterocycles. The average molecular weight is 324 g/mol. The van der Waals surface area contributed by atoms with Crippen LogP contribution in [0.25, 0.3) is 10.2 Å². The summed E-state index contributed by atoms with van der Waals surface area (Å²) in [5, 5.41) is 3.61. The number of benzene rings is 2. The number of aromatic nitrogens is 1. The average Bonchev–Trinajstić information content (AvgIpc) is 3.22.